The van der Waals surface area contributed by atoms with Crippen molar-refractivity contribution in [2.24, 2.45) is 0 Å². The first-order chi connectivity index (χ1) is 16.0. The molecule has 1 aliphatic rings. The highest BCUT2D eigenvalue weighted by Gasteiger charge is 2.44. The van der Waals surface area contributed by atoms with Crippen LogP contribution in [0.25, 0.3) is 11.0 Å². The highest BCUT2D eigenvalue weighted by atomic mass is 16.5. The van der Waals surface area contributed by atoms with E-state index in [1.165, 1.54) is 4.90 Å². The number of amides is 1. The van der Waals surface area contributed by atoms with Crippen LogP contribution in [-0.2, 0) is 0 Å². The molecule has 0 saturated heterocycles. The molecular weight excluding hydrogens is 416 g/mol. The normalized spacial score (nSPS) is 15.0. The Bertz CT molecular complexity index is 1440. The maximum absolute atomic E-state index is 13.7. The van der Waals surface area contributed by atoms with Crippen molar-refractivity contribution in [2.45, 2.75) is 19.9 Å². The zero-order valence-corrected chi connectivity index (χ0v) is 18.4. The molecule has 3 heterocycles. The van der Waals surface area contributed by atoms with E-state index in [2.05, 4.69) is 11.6 Å². The molecule has 1 aliphatic heterocycles. The van der Waals surface area contributed by atoms with Gasteiger partial charge >= 0.3 is 0 Å². The number of aryl methyl sites for hydroxylation is 2. The summed E-state index contributed by atoms with van der Waals surface area (Å²) in [6, 6.07) is 15.6. The lowest BCUT2D eigenvalue weighted by atomic mass is 9.97. The Kier molecular flexibility index (Phi) is 5.05. The number of nitrogens with zero attached hydrogens (tertiary/aromatic N) is 2. The Morgan fingerprint density at radius 1 is 1.09 bits per heavy atom. The van der Waals surface area contributed by atoms with Crippen molar-refractivity contribution in [1.82, 2.24) is 4.98 Å². The van der Waals surface area contributed by atoms with Gasteiger partial charge in [0, 0.05) is 6.20 Å². The van der Waals surface area contributed by atoms with Gasteiger partial charge in [0.15, 0.2) is 5.43 Å². The number of ether oxygens (including phenoxy) is 1. The van der Waals surface area contributed by atoms with Gasteiger partial charge in [-0.15, -0.1) is 0 Å². The SMILES string of the molecule is C=CCOc1ccc([C@H]2c3c(oc4cc(C)c(C)cc4c3=O)C(=O)N2c2ccccn2)cc1. The van der Waals surface area contributed by atoms with E-state index < -0.39 is 11.9 Å². The zero-order chi connectivity index (χ0) is 23.1. The van der Waals surface area contributed by atoms with Gasteiger partial charge in [0.1, 0.15) is 23.8 Å². The number of hydrogen-bond acceptors (Lipinski definition) is 5. The molecular formula is C27H22N2O4. The Morgan fingerprint density at radius 3 is 2.55 bits per heavy atom. The van der Waals surface area contributed by atoms with Crippen LogP contribution in [-0.4, -0.2) is 17.5 Å². The van der Waals surface area contributed by atoms with Gasteiger partial charge in [-0.1, -0.05) is 30.9 Å². The van der Waals surface area contributed by atoms with E-state index >= 15 is 0 Å². The molecule has 1 amide bonds. The lowest BCUT2D eigenvalue weighted by molar-refractivity contribution is 0.0970. The van der Waals surface area contributed by atoms with Crippen LogP contribution in [0.5, 0.6) is 5.75 Å². The minimum Gasteiger partial charge on any atom is -0.490 e. The maximum atomic E-state index is 13.7. The number of carbonyl (C=O) groups excluding carboxylic acids is 1. The van der Waals surface area contributed by atoms with Crippen LogP contribution in [0.4, 0.5) is 5.82 Å². The van der Waals surface area contributed by atoms with E-state index in [1.54, 1.807) is 30.5 Å². The highest BCUT2D eigenvalue weighted by molar-refractivity contribution is 6.10. The Hall–Kier alpha value is -4.19. The second-order valence-electron chi connectivity index (χ2n) is 8.04. The molecule has 0 unspecified atom stereocenters. The molecule has 6 heteroatoms. The van der Waals surface area contributed by atoms with Gasteiger partial charge in [0.2, 0.25) is 5.76 Å². The van der Waals surface area contributed by atoms with E-state index in [0.717, 1.165) is 16.7 Å². The average Bonchev–Trinajstić information content (AvgIpc) is 3.12. The van der Waals surface area contributed by atoms with Crippen molar-refractivity contribution in [1.29, 1.82) is 0 Å². The molecule has 2 aromatic heterocycles. The predicted molar refractivity (Wildman–Crippen MR) is 127 cm³/mol. The predicted octanol–water partition coefficient (Wildman–Crippen LogP) is 5.12. The van der Waals surface area contributed by atoms with Gasteiger partial charge in [-0.2, -0.15) is 0 Å². The van der Waals surface area contributed by atoms with Crippen molar-refractivity contribution in [2.75, 3.05) is 11.5 Å². The molecule has 0 aliphatic carbocycles. The molecule has 0 bridgehead atoms. The van der Waals surface area contributed by atoms with E-state index in [1.807, 2.05) is 50.2 Å². The molecule has 0 fully saturated rings. The van der Waals surface area contributed by atoms with Crippen LogP contribution >= 0.6 is 0 Å². The lowest BCUT2D eigenvalue weighted by Crippen LogP contribution is -2.30. The van der Waals surface area contributed by atoms with Crippen molar-refractivity contribution >= 4 is 22.7 Å². The van der Waals surface area contributed by atoms with Crippen LogP contribution < -0.4 is 15.1 Å². The minimum absolute atomic E-state index is 0.0541. The zero-order valence-electron chi connectivity index (χ0n) is 18.4. The van der Waals surface area contributed by atoms with E-state index in [0.29, 0.717) is 34.7 Å². The third kappa shape index (κ3) is 3.40. The summed E-state index contributed by atoms with van der Waals surface area (Å²) >= 11 is 0. The summed E-state index contributed by atoms with van der Waals surface area (Å²) in [6.45, 7) is 7.94. The fourth-order valence-electron chi connectivity index (χ4n) is 4.18. The molecule has 0 N–H and O–H groups in total. The summed E-state index contributed by atoms with van der Waals surface area (Å²) < 4.78 is 11.6. The van der Waals surface area contributed by atoms with Crippen molar-refractivity contribution in [3.8, 4) is 5.75 Å². The second kappa shape index (κ2) is 8.06. The van der Waals surface area contributed by atoms with Crippen LogP contribution in [0.15, 0.2) is 82.7 Å². The number of benzene rings is 2. The van der Waals surface area contributed by atoms with Crippen LogP contribution in [0, 0.1) is 13.8 Å². The van der Waals surface area contributed by atoms with E-state index in [9.17, 15) is 9.59 Å². The Balaban J connectivity index is 1.74. The fraction of sp³-hybridized carbons (Fsp3) is 0.148. The van der Waals surface area contributed by atoms with Crippen molar-refractivity contribution < 1.29 is 13.9 Å². The van der Waals surface area contributed by atoms with Gasteiger partial charge in [0.25, 0.3) is 5.91 Å². The molecule has 164 valence electrons. The number of aromatic nitrogens is 1. The first-order valence-electron chi connectivity index (χ1n) is 10.7. The number of anilines is 1. The van der Waals surface area contributed by atoms with Gasteiger partial charge in [-0.3, -0.25) is 14.5 Å². The third-order valence-electron chi connectivity index (χ3n) is 5.95. The van der Waals surface area contributed by atoms with Crippen LogP contribution in [0.2, 0.25) is 0 Å². The molecule has 2 aromatic carbocycles. The second-order valence-corrected chi connectivity index (χ2v) is 8.04. The molecule has 0 spiro atoms. The van der Waals surface area contributed by atoms with Crippen molar-refractivity contribution in [3.63, 3.8) is 0 Å². The first kappa shape index (κ1) is 20.7. The standard InChI is InChI=1S/C27H22N2O4/c1-4-13-32-19-10-8-18(9-11-19)24-23-25(30)20-14-16(2)17(3)15-21(20)33-26(23)27(31)29(24)22-7-5-6-12-28-22/h4-12,14-15,24H,1,13H2,2-3H3/t24-/m0/s1. The maximum Gasteiger partial charge on any atom is 0.296 e. The quantitative estimate of drug-likeness (QED) is 0.405. The molecule has 6 nitrogen and oxygen atoms in total. The number of pyridine rings is 1. The summed E-state index contributed by atoms with van der Waals surface area (Å²) in [4.78, 5) is 33.2. The summed E-state index contributed by atoms with van der Waals surface area (Å²) in [5, 5.41) is 0.462. The van der Waals surface area contributed by atoms with E-state index in [4.69, 9.17) is 9.15 Å². The van der Waals surface area contributed by atoms with Crippen molar-refractivity contribution in [3.05, 3.63) is 112 Å². The Labute approximate surface area is 190 Å². The third-order valence-corrected chi connectivity index (χ3v) is 5.95. The number of rotatable bonds is 5. The first-order valence-corrected chi connectivity index (χ1v) is 10.7. The van der Waals surface area contributed by atoms with E-state index in [-0.39, 0.29) is 11.2 Å². The summed E-state index contributed by atoms with van der Waals surface area (Å²) in [5.74, 6) is 0.780. The van der Waals surface area contributed by atoms with Gasteiger partial charge in [-0.05, 0) is 66.9 Å². The molecule has 5 rings (SSSR count). The Morgan fingerprint density at radius 2 is 1.85 bits per heavy atom. The monoisotopic (exact) mass is 438 g/mol. The van der Waals surface area contributed by atoms with Crippen LogP contribution in [0.3, 0.4) is 0 Å². The van der Waals surface area contributed by atoms with Gasteiger partial charge < -0.3 is 9.15 Å². The van der Waals surface area contributed by atoms with Crippen LogP contribution in [0.1, 0.15) is 38.9 Å². The van der Waals surface area contributed by atoms with Gasteiger partial charge in [-0.25, -0.2) is 4.98 Å². The molecule has 4 aromatic rings. The molecule has 33 heavy (non-hydrogen) atoms. The summed E-state index contributed by atoms with van der Waals surface area (Å²) in [6.07, 6.45) is 3.29. The average molecular weight is 438 g/mol. The van der Waals surface area contributed by atoms with Gasteiger partial charge in [0.05, 0.1) is 17.0 Å². The summed E-state index contributed by atoms with van der Waals surface area (Å²) in [7, 11) is 0. The number of hydrogen-bond donors (Lipinski definition) is 0. The number of carbonyl (C=O) groups is 1. The fourth-order valence-corrected chi connectivity index (χ4v) is 4.18. The molecule has 0 saturated carbocycles. The number of fused-ring (bicyclic) bond motifs is 2. The largest absolute Gasteiger partial charge is 0.490 e. The summed E-state index contributed by atoms with van der Waals surface area (Å²) in [5.41, 5.74) is 3.25. The smallest absolute Gasteiger partial charge is 0.296 e. The molecule has 1 atom stereocenters. The lowest BCUT2D eigenvalue weighted by Gasteiger charge is -2.24. The topological polar surface area (TPSA) is 72.6 Å². The minimum atomic E-state index is -0.668. The highest BCUT2D eigenvalue weighted by Crippen LogP contribution is 2.41. The molecule has 0 radical (unpaired) electrons.